The number of hydrogen-bond acceptors (Lipinski definition) is 5. The lowest BCUT2D eigenvalue weighted by Crippen LogP contribution is -2.49. The Morgan fingerprint density at radius 2 is 1.79 bits per heavy atom. The van der Waals surface area contributed by atoms with Gasteiger partial charge in [0.25, 0.3) is 0 Å². The van der Waals surface area contributed by atoms with Crippen LogP contribution < -0.4 is 4.90 Å². The molecule has 0 N–H and O–H groups in total. The Bertz CT molecular complexity index is 978. The second kappa shape index (κ2) is 8.78. The molecule has 1 aliphatic heterocycles. The summed E-state index contributed by atoms with van der Waals surface area (Å²) in [6, 6.07) is 16.1. The number of halogens is 1. The third-order valence-electron chi connectivity index (χ3n) is 5.19. The quantitative estimate of drug-likeness (QED) is 0.583. The van der Waals surface area contributed by atoms with Crippen LogP contribution in [-0.4, -0.2) is 47.1 Å². The van der Waals surface area contributed by atoms with E-state index in [1.807, 2.05) is 48.2 Å². The van der Waals surface area contributed by atoms with Crippen molar-refractivity contribution in [3.05, 3.63) is 64.5 Å². The van der Waals surface area contributed by atoms with Crippen molar-refractivity contribution in [3.63, 3.8) is 0 Å². The molecule has 0 bridgehead atoms. The Morgan fingerprint density at radius 1 is 1.07 bits per heavy atom. The molecule has 1 saturated heterocycles. The van der Waals surface area contributed by atoms with Gasteiger partial charge in [-0.3, -0.25) is 4.79 Å². The van der Waals surface area contributed by atoms with Gasteiger partial charge in [-0.25, -0.2) is 0 Å². The maximum Gasteiger partial charge on any atom is 0.227 e. The van der Waals surface area contributed by atoms with E-state index >= 15 is 0 Å². The number of hydrogen-bond donors (Lipinski definition) is 0. The minimum absolute atomic E-state index is 0.177. The molecule has 1 amide bonds. The first-order valence-corrected chi connectivity index (χ1v) is 10.6. The van der Waals surface area contributed by atoms with Gasteiger partial charge in [-0.15, -0.1) is 0 Å². The van der Waals surface area contributed by atoms with Crippen LogP contribution in [0.25, 0.3) is 11.4 Å². The number of piperazine rings is 1. The molecule has 0 spiro atoms. The van der Waals surface area contributed by atoms with E-state index in [1.54, 1.807) is 0 Å². The Morgan fingerprint density at radius 3 is 2.45 bits per heavy atom. The Labute approximate surface area is 178 Å². The molecular formula is C22H23BrN4O2. The molecule has 150 valence electrons. The fourth-order valence-electron chi connectivity index (χ4n) is 3.47. The molecule has 7 heteroatoms. The lowest BCUT2D eigenvalue weighted by molar-refractivity contribution is -0.130. The van der Waals surface area contributed by atoms with Crippen LogP contribution in [0.1, 0.15) is 18.4 Å². The van der Waals surface area contributed by atoms with Crippen molar-refractivity contribution in [3.8, 4) is 11.4 Å². The number of aryl methyl sites for hydroxylation is 1. The summed E-state index contributed by atoms with van der Waals surface area (Å²) < 4.78 is 6.17. The van der Waals surface area contributed by atoms with E-state index in [0.29, 0.717) is 18.1 Å². The highest BCUT2D eigenvalue weighted by molar-refractivity contribution is 9.10. The van der Waals surface area contributed by atoms with E-state index in [4.69, 9.17) is 4.52 Å². The van der Waals surface area contributed by atoms with Crippen LogP contribution in [0.2, 0.25) is 0 Å². The number of anilines is 1. The van der Waals surface area contributed by atoms with Crippen molar-refractivity contribution in [1.82, 2.24) is 15.0 Å². The summed E-state index contributed by atoms with van der Waals surface area (Å²) in [4.78, 5) is 21.3. The number of rotatable bonds is 5. The summed E-state index contributed by atoms with van der Waals surface area (Å²) in [5.74, 6) is 1.44. The first-order chi connectivity index (χ1) is 14.1. The average Bonchev–Trinajstić information content (AvgIpc) is 3.25. The molecule has 2 aromatic carbocycles. The number of carbonyl (C=O) groups is 1. The SMILES string of the molecule is CCc1nc(-c2ccc(N3CCN(C(=O)Cc4ccccc4Br)CC3)cc2)no1. The van der Waals surface area contributed by atoms with Gasteiger partial charge in [0.15, 0.2) is 0 Å². The number of amides is 1. The fourth-order valence-corrected chi connectivity index (χ4v) is 3.89. The van der Waals surface area contributed by atoms with Crippen LogP contribution in [0.4, 0.5) is 5.69 Å². The zero-order valence-electron chi connectivity index (χ0n) is 16.3. The first kappa shape index (κ1) is 19.6. The summed E-state index contributed by atoms with van der Waals surface area (Å²) in [7, 11) is 0. The summed E-state index contributed by atoms with van der Waals surface area (Å²) >= 11 is 3.52. The maximum absolute atomic E-state index is 12.7. The zero-order valence-corrected chi connectivity index (χ0v) is 17.9. The van der Waals surface area contributed by atoms with Crippen molar-refractivity contribution in [2.45, 2.75) is 19.8 Å². The lowest BCUT2D eigenvalue weighted by atomic mass is 10.1. The van der Waals surface area contributed by atoms with E-state index in [0.717, 1.165) is 53.9 Å². The standard InChI is InChI=1S/C22H23BrN4O2/c1-2-20-24-22(25-29-20)16-7-9-18(10-8-16)26-11-13-27(14-12-26)21(28)15-17-5-3-4-6-19(17)23/h3-10H,2,11-15H2,1H3. The summed E-state index contributed by atoms with van der Waals surface area (Å²) in [6.07, 6.45) is 1.16. The van der Waals surface area contributed by atoms with E-state index in [-0.39, 0.29) is 5.91 Å². The van der Waals surface area contributed by atoms with Crippen LogP contribution in [0.15, 0.2) is 57.5 Å². The molecule has 0 radical (unpaired) electrons. The Balaban J connectivity index is 1.34. The molecule has 29 heavy (non-hydrogen) atoms. The first-order valence-electron chi connectivity index (χ1n) is 9.83. The van der Waals surface area contributed by atoms with Crippen LogP contribution in [-0.2, 0) is 17.6 Å². The summed E-state index contributed by atoms with van der Waals surface area (Å²) in [5, 5.41) is 4.02. The largest absolute Gasteiger partial charge is 0.368 e. The highest BCUT2D eigenvalue weighted by Gasteiger charge is 2.22. The molecule has 0 atom stereocenters. The third kappa shape index (κ3) is 4.50. The predicted molar refractivity (Wildman–Crippen MR) is 116 cm³/mol. The van der Waals surface area contributed by atoms with Gasteiger partial charge in [-0.05, 0) is 35.9 Å². The van der Waals surface area contributed by atoms with Crippen molar-refractivity contribution in [1.29, 1.82) is 0 Å². The minimum Gasteiger partial charge on any atom is -0.368 e. The van der Waals surface area contributed by atoms with Gasteiger partial charge in [0.2, 0.25) is 17.6 Å². The molecule has 2 heterocycles. The molecule has 0 saturated carbocycles. The van der Waals surface area contributed by atoms with Gasteiger partial charge in [-0.1, -0.05) is 46.2 Å². The van der Waals surface area contributed by atoms with Crippen molar-refractivity contribution in [2.24, 2.45) is 0 Å². The van der Waals surface area contributed by atoms with Crippen LogP contribution in [0.5, 0.6) is 0 Å². The topological polar surface area (TPSA) is 62.5 Å². The minimum atomic E-state index is 0.177. The summed E-state index contributed by atoms with van der Waals surface area (Å²) in [6.45, 7) is 5.10. The normalized spacial score (nSPS) is 14.3. The Kier molecular flexibility index (Phi) is 5.94. The third-order valence-corrected chi connectivity index (χ3v) is 5.97. The van der Waals surface area contributed by atoms with Gasteiger partial charge >= 0.3 is 0 Å². The van der Waals surface area contributed by atoms with Crippen molar-refractivity contribution < 1.29 is 9.32 Å². The monoisotopic (exact) mass is 454 g/mol. The second-order valence-corrected chi connectivity index (χ2v) is 7.90. The van der Waals surface area contributed by atoms with E-state index in [2.05, 4.69) is 43.1 Å². The van der Waals surface area contributed by atoms with Gasteiger partial charge in [0.1, 0.15) is 0 Å². The van der Waals surface area contributed by atoms with Crippen LogP contribution in [0, 0.1) is 0 Å². The molecule has 1 aromatic heterocycles. The molecule has 0 aliphatic carbocycles. The van der Waals surface area contributed by atoms with Crippen molar-refractivity contribution >= 4 is 27.5 Å². The Hall–Kier alpha value is -2.67. The summed E-state index contributed by atoms with van der Waals surface area (Å²) in [5.41, 5.74) is 3.12. The zero-order chi connectivity index (χ0) is 20.2. The number of carbonyl (C=O) groups excluding carboxylic acids is 1. The van der Waals surface area contributed by atoms with Gasteiger partial charge in [0.05, 0.1) is 6.42 Å². The molecule has 1 aliphatic rings. The second-order valence-electron chi connectivity index (χ2n) is 7.05. The predicted octanol–water partition coefficient (Wildman–Crippen LogP) is 3.95. The highest BCUT2D eigenvalue weighted by atomic mass is 79.9. The highest BCUT2D eigenvalue weighted by Crippen LogP contribution is 2.23. The van der Waals surface area contributed by atoms with E-state index < -0.39 is 0 Å². The molecule has 0 unspecified atom stereocenters. The van der Waals surface area contributed by atoms with Gasteiger partial charge in [-0.2, -0.15) is 4.98 Å². The van der Waals surface area contributed by atoms with Crippen molar-refractivity contribution in [2.75, 3.05) is 31.1 Å². The lowest BCUT2D eigenvalue weighted by Gasteiger charge is -2.36. The number of nitrogens with zero attached hydrogens (tertiary/aromatic N) is 4. The van der Waals surface area contributed by atoms with E-state index in [9.17, 15) is 4.79 Å². The average molecular weight is 455 g/mol. The maximum atomic E-state index is 12.7. The molecule has 3 aromatic rings. The van der Waals surface area contributed by atoms with Gasteiger partial charge in [0, 0.05) is 48.3 Å². The molecule has 6 nitrogen and oxygen atoms in total. The molecule has 1 fully saturated rings. The fraction of sp³-hybridized carbons (Fsp3) is 0.318. The molecular weight excluding hydrogens is 432 g/mol. The number of aromatic nitrogens is 2. The molecule has 4 rings (SSSR count). The van der Waals surface area contributed by atoms with Gasteiger partial charge < -0.3 is 14.3 Å². The van der Waals surface area contributed by atoms with E-state index in [1.165, 1.54) is 0 Å². The van der Waals surface area contributed by atoms with Crippen LogP contribution >= 0.6 is 15.9 Å². The van der Waals surface area contributed by atoms with Crippen LogP contribution in [0.3, 0.4) is 0 Å². The number of benzene rings is 2. The smallest absolute Gasteiger partial charge is 0.227 e.